The van der Waals surface area contributed by atoms with Crippen LogP contribution in [0.15, 0.2) is 9.66 Å². The zero-order valence-corrected chi connectivity index (χ0v) is 16.2. The number of allylic oxidation sites excluding steroid dienone is 2. The summed E-state index contributed by atoms with van der Waals surface area (Å²) in [5.74, 6) is 3.52. The predicted molar refractivity (Wildman–Crippen MR) is 98.8 cm³/mol. The van der Waals surface area contributed by atoms with Crippen molar-refractivity contribution in [1.82, 2.24) is 0 Å². The van der Waals surface area contributed by atoms with E-state index in [9.17, 15) is 4.79 Å². The number of fused-ring (bicyclic) bond motifs is 5. The van der Waals surface area contributed by atoms with Gasteiger partial charge in [-0.15, -0.1) is 0 Å². The molecular formula is C20H29IO. The highest BCUT2D eigenvalue weighted by atomic mass is 127. The summed E-state index contributed by atoms with van der Waals surface area (Å²) in [7, 11) is 0. The van der Waals surface area contributed by atoms with E-state index >= 15 is 0 Å². The van der Waals surface area contributed by atoms with Crippen LogP contribution in [0.4, 0.5) is 0 Å². The zero-order valence-electron chi connectivity index (χ0n) is 14.0. The van der Waals surface area contributed by atoms with E-state index in [1.807, 2.05) is 0 Å². The monoisotopic (exact) mass is 412 g/mol. The molecule has 0 radical (unpaired) electrons. The second-order valence-corrected chi connectivity index (χ2v) is 10.1. The van der Waals surface area contributed by atoms with Gasteiger partial charge in [-0.2, -0.15) is 0 Å². The van der Waals surface area contributed by atoms with E-state index in [4.69, 9.17) is 0 Å². The molecule has 4 aliphatic rings. The van der Waals surface area contributed by atoms with Crippen LogP contribution in [0.1, 0.15) is 71.6 Å². The van der Waals surface area contributed by atoms with Crippen molar-refractivity contribution in [2.45, 2.75) is 71.6 Å². The van der Waals surface area contributed by atoms with Crippen molar-refractivity contribution in [2.75, 3.05) is 0 Å². The molecule has 22 heavy (non-hydrogen) atoms. The first kappa shape index (κ1) is 15.7. The summed E-state index contributed by atoms with van der Waals surface area (Å²) in [4.78, 5) is 12.7. The van der Waals surface area contributed by atoms with Crippen LogP contribution in [-0.2, 0) is 4.79 Å². The molecule has 0 bridgehead atoms. The zero-order chi connectivity index (χ0) is 15.5. The van der Waals surface area contributed by atoms with Crippen molar-refractivity contribution in [2.24, 2.45) is 34.5 Å². The van der Waals surface area contributed by atoms with Gasteiger partial charge in [-0.1, -0.05) is 26.3 Å². The van der Waals surface area contributed by atoms with Crippen LogP contribution >= 0.6 is 22.6 Å². The maximum Gasteiger partial charge on any atom is 0.136 e. The highest BCUT2D eigenvalue weighted by Crippen LogP contribution is 2.66. The van der Waals surface area contributed by atoms with Crippen LogP contribution in [-0.4, -0.2) is 5.78 Å². The first-order valence-electron chi connectivity index (χ1n) is 9.36. The van der Waals surface area contributed by atoms with Crippen LogP contribution in [0.2, 0.25) is 0 Å². The fourth-order valence-corrected chi connectivity index (χ4v) is 7.76. The molecule has 1 nitrogen and oxygen atoms in total. The van der Waals surface area contributed by atoms with Gasteiger partial charge in [0.05, 0.1) is 0 Å². The molecule has 2 unspecified atom stereocenters. The highest BCUT2D eigenvalue weighted by Gasteiger charge is 2.58. The van der Waals surface area contributed by atoms with E-state index in [2.05, 4.69) is 42.5 Å². The smallest absolute Gasteiger partial charge is 0.136 e. The lowest BCUT2D eigenvalue weighted by atomic mass is 9.47. The third kappa shape index (κ3) is 2.04. The Morgan fingerprint density at radius 2 is 1.91 bits per heavy atom. The Balaban J connectivity index is 1.67. The van der Waals surface area contributed by atoms with E-state index < -0.39 is 0 Å². The molecule has 0 aromatic rings. The third-order valence-corrected chi connectivity index (χ3v) is 9.80. The maximum absolute atomic E-state index is 12.7. The fourth-order valence-electron chi connectivity index (χ4n) is 6.84. The van der Waals surface area contributed by atoms with E-state index in [0.717, 1.165) is 30.6 Å². The molecule has 0 aromatic heterocycles. The van der Waals surface area contributed by atoms with Gasteiger partial charge in [0, 0.05) is 17.8 Å². The standard InChI is InChI=1S/C20H29IO/c1-19-11-4-3-5-17(22)16(19)7-6-13-14-8-9-18(21)20(14,2)12-10-15(13)19/h9,13-16H,3-8,10-12H2,1-2H3/t13-,14-,15?,16?,19+,20-/m0/s1. The minimum Gasteiger partial charge on any atom is -0.299 e. The summed E-state index contributed by atoms with van der Waals surface area (Å²) in [6, 6.07) is 0. The quantitative estimate of drug-likeness (QED) is 0.452. The maximum atomic E-state index is 12.7. The van der Waals surface area contributed by atoms with Crippen LogP contribution < -0.4 is 0 Å². The summed E-state index contributed by atoms with van der Waals surface area (Å²) in [5.41, 5.74) is 0.769. The van der Waals surface area contributed by atoms with Gasteiger partial charge in [0.1, 0.15) is 5.78 Å². The number of rotatable bonds is 0. The Hall–Kier alpha value is 0.140. The van der Waals surface area contributed by atoms with Crippen LogP contribution in [0.5, 0.6) is 0 Å². The molecule has 4 aliphatic carbocycles. The summed E-state index contributed by atoms with van der Waals surface area (Å²) in [5, 5.41) is 0. The molecule has 3 saturated carbocycles. The molecular weight excluding hydrogens is 383 g/mol. The van der Waals surface area contributed by atoms with Gasteiger partial charge in [0.2, 0.25) is 0 Å². The molecule has 0 aromatic carbocycles. The lowest BCUT2D eigenvalue weighted by molar-refractivity contribution is -0.137. The Morgan fingerprint density at radius 3 is 2.73 bits per heavy atom. The van der Waals surface area contributed by atoms with Crippen molar-refractivity contribution in [1.29, 1.82) is 0 Å². The molecule has 0 heterocycles. The minimum absolute atomic E-state index is 0.311. The SMILES string of the molecule is C[C@]12CCCCC(=O)C1CC[C@@H]1C2CC[C@]2(C)C(I)=CC[C@@H]12. The van der Waals surface area contributed by atoms with Crippen molar-refractivity contribution < 1.29 is 4.79 Å². The topological polar surface area (TPSA) is 17.1 Å². The van der Waals surface area contributed by atoms with Gasteiger partial charge in [0.25, 0.3) is 0 Å². The third-order valence-electron chi connectivity index (χ3n) is 8.13. The molecule has 0 saturated heterocycles. The molecule has 3 fully saturated rings. The normalized spacial score (nSPS) is 51.4. The number of carbonyl (C=O) groups excluding carboxylic acids is 1. The first-order chi connectivity index (χ1) is 10.5. The first-order valence-corrected chi connectivity index (χ1v) is 10.4. The van der Waals surface area contributed by atoms with Gasteiger partial charge < -0.3 is 0 Å². The summed E-state index contributed by atoms with van der Waals surface area (Å²) >= 11 is 2.60. The summed E-state index contributed by atoms with van der Waals surface area (Å²) in [6.45, 7) is 5.01. The molecule has 0 aliphatic heterocycles. The second-order valence-electron chi connectivity index (χ2n) is 8.93. The predicted octanol–water partition coefficient (Wildman–Crippen LogP) is 5.92. The van der Waals surface area contributed by atoms with Crippen molar-refractivity contribution in [3.05, 3.63) is 9.66 Å². The number of carbonyl (C=O) groups is 1. The van der Waals surface area contributed by atoms with Crippen molar-refractivity contribution in [3.63, 3.8) is 0 Å². The van der Waals surface area contributed by atoms with Crippen molar-refractivity contribution >= 4 is 28.4 Å². The Labute approximate surface area is 148 Å². The van der Waals surface area contributed by atoms with Crippen LogP contribution in [0.3, 0.4) is 0 Å². The lowest BCUT2D eigenvalue weighted by Gasteiger charge is -2.58. The highest BCUT2D eigenvalue weighted by molar-refractivity contribution is 14.1. The minimum atomic E-state index is 0.311. The summed E-state index contributed by atoms with van der Waals surface area (Å²) < 4.78 is 1.62. The van der Waals surface area contributed by atoms with Gasteiger partial charge in [-0.05, 0) is 94.3 Å². The average molecular weight is 412 g/mol. The molecule has 0 spiro atoms. The number of Topliss-reactive ketones (excluding diaryl/α,β-unsaturated/α-hetero) is 1. The Bertz CT molecular complexity index is 524. The number of hydrogen-bond acceptors (Lipinski definition) is 1. The molecule has 6 atom stereocenters. The van der Waals surface area contributed by atoms with Gasteiger partial charge in [-0.25, -0.2) is 0 Å². The van der Waals surface area contributed by atoms with E-state index in [0.29, 0.717) is 22.5 Å². The molecule has 4 rings (SSSR count). The van der Waals surface area contributed by atoms with Crippen LogP contribution in [0.25, 0.3) is 0 Å². The molecule has 0 N–H and O–H groups in total. The van der Waals surface area contributed by atoms with E-state index in [1.165, 1.54) is 44.9 Å². The van der Waals surface area contributed by atoms with Crippen LogP contribution in [0, 0.1) is 34.5 Å². The van der Waals surface area contributed by atoms with E-state index in [-0.39, 0.29) is 0 Å². The number of hydrogen-bond donors (Lipinski definition) is 0. The number of ketones is 1. The Morgan fingerprint density at radius 1 is 1.09 bits per heavy atom. The average Bonchev–Trinajstić information content (AvgIpc) is 2.70. The molecule has 122 valence electrons. The van der Waals surface area contributed by atoms with Crippen molar-refractivity contribution in [3.8, 4) is 0 Å². The Kier molecular flexibility index (Phi) is 3.79. The number of halogens is 1. The second kappa shape index (κ2) is 5.32. The lowest BCUT2D eigenvalue weighted by Crippen LogP contribution is -2.52. The van der Waals surface area contributed by atoms with Gasteiger partial charge in [0.15, 0.2) is 0 Å². The van der Waals surface area contributed by atoms with Gasteiger partial charge >= 0.3 is 0 Å². The largest absolute Gasteiger partial charge is 0.299 e. The molecule has 2 heteroatoms. The van der Waals surface area contributed by atoms with E-state index in [1.54, 1.807) is 3.58 Å². The fraction of sp³-hybridized carbons (Fsp3) is 0.850. The van der Waals surface area contributed by atoms with Gasteiger partial charge in [-0.3, -0.25) is 4.79 Å². The summed E-state index contributed by atoms with van der Waals surface area (Å²) in [6.07, 6.45) is 13.6. The molecule has 0 amide bonds.